The Morgan fingerprint density at radius 2 is 1.88 bits per heavy atom. The normalized spacial score (nSPS) is 13.3. The molecule has 0 N–H and O–H groups in total. The lowest BCUT2D eigenvalue weighted by Gasteiger charge is -2.16. The van der Waals surface area contributed by atoms with Crippen LogP contribution in [-0.4, -0.2) is 19.5 Å². The van der Waals surface area contributed by atoms with Crippen LogP contribution in [0.5, 0.6) is 11.5 Å². The molecule has 1 aliphatic rings. The Balaban J connectivity index is 2.54. The van der Waals surface area contributed by atoms with Crippen molar-refractivity contribution < 1.29 is 14.3 Å². The van der Waals surface area contributed by atoms with Gasteiger partial charge in [-0.25, -0.2) is 0 Å². The summed E-state index contributed by atoms with van der Waals surface area (Å²) >= 11 is 0. The fourth-order valence-electron chi connectivity index (χ4n) is 2.43. The van der Waals surface area contributed by atoms with E-state index in [1.807, 2.05) is 19.9 Å². The molecule has 1 aromatic rings. The van der Waals surface area contributed by atoms with Crippen LogP contribution in [0, 0.1) is 0 Å². The molecule has 17 heavy (non-hydrogen) atoms. The van der Waals surface area contributed by atoms with E-state index in [0.717, 1.165) is 42.4 Å². The summed E-state index contributed by atoms with van der Waals surface area (Å²) in [6.45, 7) is 5.10. The largest absolute Gasteiger partial charge is 0.490 e. The molecule has 0 saturated carbocycles. The molecule has 1 aliphatic carbocycles. The summed E-state index contributed by atoms with van der Waals surface area (Å²) in [4.78, 5) is 11.1. The van der Waals surface area contributed by atoms with Crippen LogP contribution < -0.4 is 9.47 Å². The molecule has 0 fully saturated rings. The molecule has 3 nitrogen and oxygen atoms in total. The third-order valence-electron chi connectivity index (χ3n) is 3.07. The minimum absolute atomic E-state index is 0.581. The fraction of sp³-hybridized carbons (Fsp3) is 0.500. The van der Waals surface area contributed by atoms with Gasteiger partial charge in [-0.15, -0.1) is 0 Å². The van der Waals surface area contributed by atoms with Crippen molar-refractivity contribution in [2.24, 2.45) is 0 Å². The maximum absolute atomic E-state index is 11.1. The van der Waals surface area contributed by atoms with E-state index in [9.17, 15) is 4.79 Å². The topological polar surface area (TPSA) is 35.5 Å². The first kappa shape index (κ1) is 12.0. The van der Waals surface area contributed by atoms with E-state index in [-0.39, 0.29) is 0 Å². The smallest absolute Gasteiger partial charge is 0.164 e. The van der Waals surface area contributed by atoms with Crippen LogP contribution in [-0.2, 0) is 12.8 Å². The molecule has 0 spiro atoms. The second-order valence-electron chi connectivity index (χ2n) is 4.09. The third-order valence-corrected chi connectivity index (χ3v) is 3.07. The number of carbonyl (C=O) groups excluding carboxylic acids is 1. The number of rotatable bonds is 5. The number of fused-ring (bicyclic) bond motifs is 1. The maximum atomic E-state index is 11.1. The highest BCUT2D eigenvalue weighted by Gasteiger charge is 2.23. The molecular weight excluding hydrogens is 216 g/mol. The molecule has 0 heterocycles. The SMILES string of the molecule is CCOc1cc(C=O)c2c(c1OCC)CCC2. The predicted octanol–water partition coefficient (Wildman–Crippen LogP) is 2.79. The molecule has 0 saturated heterocycles. The van der Waals surface area contributed by atoms with Crippen molar-refractivity contribution in [2.45, 2.75) is 33.1 Å². The van der Waals surface area contributed by atoms with E-state index >= 15 is 0 Å². The van der Waals surface area contributed by atoms with Gasteiger partial charge in [0.1, 0.15) is 6.29 Å². The summed E-state index contributed by atoms with van der Waals surface area (Å²) in [5, 5.41) is 0. The van der Waals surface area contributed by atoms with Crippen molar-refractivity contribution in [1.82, 2.24) is 0 Å². The standard InChI is InChI=1S/C14H18O3/c1-3-16-13-8-10(9-15)11-6-5-7-12(11)14(13)17-4-2/h8-9H,3-7H2,1-2H3. The van der Waals surface area contributed by atoms with Gasteiger partial charge in [-0.3, -0.25) is 4.79 Å². The van der Waals surface area contributed by atoms with Gasteiger partial charge in [0.05, 0.1) is 13.2 Å². The van der Waals surface area contributed by atoms with Crippen molar-refractivity contribution in [1.29, 1.82) is 0 Å². The van der Waals surface area contributed by atoms with Crippen molar-refractivity contribution in [3.63, 3.8) is 0 Å². The zero-order valence-corrected chi connectivity index (χ0v) is 10.4. The minimum Gasteiger partial charge on any atom is -0.490 e. The van der Waals surface area contributed by atoms with E-state index in [1.54, 1.807) is 0 Å². The van der Waals surface area contributed by atoms with Crippen LogP contribution in [0.1, 0.15) is 41.8 Å². The number of hydrogen-bond acceptors (Lipinski definition) is 3. The van der Waals surface area contributed by atoms with Gasteiger partial charge in [-0.2, -0.15) is 0 Å². The van der Waals surface area contributed by atoms with E-state index in [4.69, 9.17) is 9.47 Å². The summed E-state index contributed by atoms with van der Waals surface area (Å²) in [7, 11) is 0. The van der Waals surface area contributed by atoms with Gasteiger partial charge in [0.25, 0.3) is 0 Å². The number of ether oxygens (including phenoxy) is 2. The maximum Gasteiger partial charge on any atom is 0.164 e. The number of carbonyl (C=O) groups is 1. The zero-order chi connectivity index (χ0) is 12.3. The average molecular weight is 234 g/mol. The molecule has 0 atom stereocenters. The van der Waals surface area contributed by atoms with Crippen molar-refractivity contribution in [3.8, 4) is 11.5 Å². The molecule has 0 aromatic heterocycles. The van der Waals surface area contributed by atoms with Crippen molar-refractivity contribution >= 4 is 6.29 Å². The highest BCUT2D eigenvalue weighted by molar-refractivity contribution is 5.81. The molecule has 0 radical (unpaired) electrons. The van der Waals surface area contributed by atoms with E-state index in [0.29, 0.717) is 19.0 Å². The summed E-state index contributed by atoms with van der Waals surface area (Å²) in [6.07, 6.45) is 3.95. The lowest BCUT2D eigenvalue weighted by atomic mass is 10.0. The van der Waals surface area contributed by atoms with Gasteiger partial charge in [-0.1, -0.05) is 0 Å². The van der Waals surface area contributed by atoms with Gasteiger partial charge in [0.15, 0.2) is 11.5 Å². The second kappa shape index (κ2) is 5.21. The summed E-state index contributed by atoms with van der Waals surface area (Å²) in [5.74, 6) is 1.55. The molecule has 2 rings (SSSR count). The minimum atomic E-state index is 0.581. The molecule has 3 heteroatoms. The average Bonchev–Trinajstić information content (AvgIpc) is 2.81. The Morgan fingerprint density at radius 3 is 2.53 bits per heavy atom. The van der Waals surface area contributed by atoms with Gasteiger partial charge in [0.2, 0.25) is 0 Å². The van der Waals surface area contributed by atoms with Crippen molar-refractivity contribution in [3.05, 3.63) is 22.8 Å². The Kier molecular flexibility index (Phi) is 3.67. The fourth-order valence-corrected chi connectivity index (χ4v) is 2.43. The molecule has 0 amide bonds. The highest BCUT2D eigenvalue weighted by atomic mass is 16.5. The lowest BCUT2D eigenvalue weighted by Crippen LogP contribution is -2.04. The molecule has 0 bridgehead atoms. The van der Waals surface area contributed by atoms with E-state index in [2.05, 4.69) is 0 Å². The van der Waals surface area contributed by atoms with E-state index < -0.39 is 0 Å². The third kappa shape index (κ3) is 2.14. The number of aldehydes is 1. The zero-order valence-electron chi connectivity index (χ0n) is 10.4. The van der Waals surface area contributed by atoms with Gasteiger partial charge in [-0.05, 0) is 44.7 Å². The molecule has 0 aliphatic heterocycles. The Hall–Kier alpha value is -1.51. The Morgan fingerprint density at radius 1 is 1.18 bits per heavy atom. The predicted molar refractivity (Wildman–Crippen MR) is 66.2 cm³/mol. The van der Waals surface area contributed by atoms with Crippen LogP contribution in [0.4, 0.5) is 0 Å². The first-order valence-corrected chi connectivity index (χ1v) is 6.21. The second-order valence-corrected chi connectivity index (χ2v) is 4.09. The number of hydrogen-bond donors (Lipinski definition) is 0. The van der Waals surface area contributed by atoms with E-state index in [1.165, 1.54) is 5.56 Å². The van der Waals surface area contributed by atoms with Crippen LogP contribution in [0.2, 0.25) is 0 Å². The van der Waals surface area contributed by atoms with Crippen LogP contribution in [0.15, 0.2) is 6.07 Å². The Bertz CT molecular complexity index is 424. The molecule has 0 unspecified atom stereocenters. The summed E-state index contributed by atoms with van der Waals surface area (Å²) in [5.41, 5.74) is 3.07. The molecular formula is C14H18O3. The van der Waals surface area contributed by atoms with Crippen LogP contribution in [0.3, 0.4) is 0 Å². The summed E-state index contributed by atoms with van der Waals surface area (Å²) < 4.78 is 11.3. The van der Waals surface area contributed by atoms with Crippen molar-refractivity contribution in [2.75, 3.05) is 13.2 Å². The van der Waals surface area contributed by atoms with Crippen LogP contribution >= 0.6 is 0 Å². The summed E-state index contributed by atoms with van der Waals surface area (Å²) in [6, 6.07) is 1.81. The van der Waals surface area contributed by atoms with Crippen LogP contribution in [0.25, 0.3) is 0 Å². The quantitative estimate of drug-likeness (QED) is 0.735. The van der Waals surface area contributed by atoms with Gasteiger partial charge in [0, 0.05) is 11.1 Å². The lowest BCUT2D eigenvalue weighted by molar-refractivity contribution is 0.112. The molecule has 1 aromatic carbocycles. The monoisotopic (exact) mass is 234 g/mol. The van der Waals surface area contributed by atoms with Gasteiger partial charge < -0.3 is 9.47 Å². The highest BCUT2D eigenvalue weighted by Crippen LogP contribution is 2.40. The molecule has 92 valence electrons. The first-order chi connectivity index (χ1) is 8.31. The van der Waals surface area contributed by atoms with Gasteiger partial charge >= 0.3 is 0 Å². The first-order valence-electron chi connectivity index (χ1n) is 6.21. The Labute approximate surface area is 102 Å². The number of benzene rings is 1.